The van der Waals surface area contributed by atoms with Crippen molar-refractivity contribution in [2.24, 2.45) is 46.3 Å². The number of hydrogen-bond donors (Lipinski definition) is 0. The Labute approximate surface area is 284 Å². The Morgan fingerprint density at radius 2 is 1.29 bits per heavy atom. The molecule has 4 rings (SSSR count). The molecule has 4 aliphatic carbocycles. The zero-order chi connectivity index (χ0) is 33.8. The molecule has 264 valence electrons. The smallest absolute Gasteiger partial charge is 0.184 e. The summed E-state index contributed by atoms with van der Waals surface area (Å²) in [5, 5.41) is 0. The van der Waals surface area contributed by atoms with Gasteiger partial charge in [0.25, 0.3) is 0 Å². The van der Waals surface area contributed by atoms with Crippen molar-refractivity contribution in [1.29, 1.82) is 0 Å². The highest BCUT2D eigenvalue weighted by molar-refractivity contribution is 6.70. The minimum Gasteiger partial charge on any atom is -0.418 e. The van der Waals surface area contributed by atoms with E-state index in [1.165, 1.54) is 64.2 Å². The molecular formula is C37H76O4Si4. The fraction of sp³-hybridized carbons (Fsp3) is 1.00. The van der Waals surface area contributed by atoms with Crippen LogP contribution in [0.3, 0.4) is 0 Å². The highest BCUT2D eigenvalue weighted by Gasteiger charge is 2.67. The van der Waals surface area contributed by atoms with E-state index >= 15 is 0 Å². The van der Waals surface area contributed by atoms with Crippen molar-refractivity contribution in [3.05, 3.63) is 0 Å². The molecule has 4 saturated carbocycles. The summed E-state index contributed by atoms with van der Waals surface area (Å²) in [5.41, 5.74) is 0.601. The van der Waals surface area contributed by atoms with Gasteiger partial charge in [0.15, 0.2) is 33.3 Å². The topological polar surface area (TPSA) is 36.9 Å². The monoisotopic (exact) mass is 696 g/mol. The van der Waals surface area contributed by atoms with Crippen LogP contribution in [0.1, 0.15) is 85.0 Å². The first kappa shape index (κ1) is 38.5. The molecule has 4 fully saturated rings. The van der Waals surface area contributed by atoms with Gasteiger partial charge in [0.1, 0.15) is 0 Å². The van der Waals surface area contributed by atoms with Gasteiger partial charge in [0.2, 0.25) is 0 Å². The van der Waals surface area contributed by atoms with Crippen LogP contribution < -0.4 is 0 Å². The van der Waals surface area contributed by atoms with Crippen LogP contribution in [-0.2, 0) is 17.7 Å². The zero-order valence-corrected chi connectivity index (χ0v) is 36.6. The molecule has 0 aromatic heterocycles. The van der Waals surface area contributed by atoms with Gasteiger partial charge in [0.05, 0.1) is 6.10 Å². The van der Waals surface area contributed by atoms with Crippen LogP contribution in [0, 0.1) is 46.3 Å². The molecule has 0 aliphatic heterocycles. The van der Waals surface area contributed by atoms with E-state index in [4.69, 9.17) is 17.7 Å². The van der Waals surface area contributed by atoms with Gasteiger partial charge in [-0.1, -0.05) is 33.6 Å². The minimum atomic E-state index is -1.74. The molecule has 0 amide bonds. The van der Waals surface area contributed by atoms with Crippen molar-refractivity contribution in [2.75, 3.05) is 6.61 Å². The Bertz CT molecular complexity index is 981. The van der Waals surface area contributed by atoms with Crippen molar-refractivity contribution >= 4 is 33.3 Å². The van der Waals surface area contributed by atoms with Crippen molar-refractivity contribution in [1.82, 2.24) is 0 Å². The third kappa shape index (κ3) is 9.29. The van der Waals surface area contributed by atoms with E-state index in [1.54, 1.807) is 0 Å². The van der Waals surface area contributed by atoms with Crippen LogP contribution in [0.25, 0.3) is 0 Å². The average molecular weight is 697 g/mol. The molecular weight excluding hydrogens is 621 g/mol. The molecule has 0 aromatic rings. The highest BCUT2D eigenvalue weighted by Crippen LogP contribution is 2.69. The first-order valence-corrected chi connectivity index (χ1v) is 32.7. The molecule has 4 nitrogen and oxygen atoms in total. The molecule has 4 aliphatic rings. The largest absolute Gasteiger partial charge is 0.418 e. The van der Waals surface area contributed by atoms with Crippen LogP contribution in [-0.4, -0.2) is 58.2 Å². The average Bonchev–Trinajstić information content (AvgIpc) is 3.20. The van der Waals surface area contributed by atoms with Gasteiger partial charge >= 0.3 is 0 Å². The lowest BCUT2D eigenvalue weighted by Crippen LogP contribution is -2.64. The van der Waals surface area contributed by atoms with Crippen LogP contribution in [0.2, 0.25) is 78.6 Å². The van der Waals surface area contributed by atoms with Gasteiger partial charge in [-0.25, -0.2) is 0 Å². The molecule has 0 radical (unpaired) electrons. The molecule has 8 unspecified atom stereocenters. The number of fused-ring (bicyclic) bond motifs is 5. The third-order valence-corrected chi connectivity index (χ3v) is 16.7. The Balaban J connectivity index is 1.64. The summed E-state index contributed by atoms with van der Waals surface area (Å²) in [7, 11) is -6.45. The van der Waals surface area contributed by atoms with Crippen LogP contribution in [0.4, 0.5) is 0 Å². The first-order chi connectivity index (χ1) is 20.4. The van der Waals surface area contributed by atoms with Crippen molar-refractivity contribution in [3.63, 3.8) is 0 Å². The Morgan fingerprint density at radius 3 is 1.87 bits per heavy atom. The van der Waals surface area contributed by atoms with E-state index in [-0.39, 0.29) is 5.41 Å². The number of rotatable bonds is 13. The maximum atomic E-state index is 7.43. The Hall–Kier alpha value is 0.708. The van der Waals surface area contributed by atoms with E-state index in [9.17, 15) is 0 Å². The molecule has 0 saturated heterocycles. The van der Waals surface area contributed by atoms with E-state index in [0.29, 0.717) is 47.4 Å². The molecule has 0 N–H and O–H groups in total. The normalized spacial score (nSPS) is 40.1. The third-order valence-electron chi connectivity index (χ3n) is 12.6. The van der Waals surface area contributed by atoms with Gasteiger partial charge in [0, 0.05) is 18.8 Å². The standard InChI is InChI=1S/C37H76O4Si4/c1-27(18-16-17-23-38-42(4,5)6)30-19-20-31-35-32(26-34(37(30,31)3)41-45(13,14)15)36(2)22-21-29(39-43(7,8)9)24-28(36)25-33(35)40-44(10,11)12/h27-35H,16-26H2,1-15H3/t27?,28-,29+,30?,31?,32?,33?,34-,35?,36?,37?/m0/s1. The number of hydrogen-bond acceptors (Lipinski definition) is 4. The van der Waals surface area contributed by atoms with Gasteiger partial charge in [-0.05, 0) is 176 Å². The highest BCUT2D eigenvalue weighted by atomic mass is 28.4. The summed E-state index contributed by atoms with van der Waals surface area (Å²) >= 11 is 0. The SMILES string of the molecule is CC(CCCCO[Si](C)(C)C)C1CCC2C3C(O[Si](C)(C)C)C[C@@H]4C[C@H](O[Si](C)(C)C)CCC4(C)C3C[C@H](O[Si](C)(C)C)C12C. The van der Waals surface area contributed by atoms with Crippen LogP contribution in [0.15, 0.2) is 0 Å². The maximum absolute atomic E-state index is 7.43. The first-order valence-electron chi connectivity index (χ1n) is 19.1. The van der Waals surface area contributed by atoms with E-state index < -0.39 is 33.3 Å². The van der Waals surface area contributed by atoms with Crippen molar-refractivity contribution in [2.45, 2.75) is 182 Å². The Kier molecular flexibility index (Phi) is 11.8. The molecule has 45 heavy (non-hydrogen) atoms. The second kappa shape index (κ2) is 13.8. The van der Waals surface area contributed by atoms with Gasteiger partial charge in [-0.3, -0.25) is 0 Å². The summed E-state index contributed by atoms with van der Waals surface area (Å²) in [6.07, 6.45) is 14.0. The second-order valence-corrected chi connectivity index (χ2v) is 38.5. The van der Waals surface area contributed by atoms with E-state index in [1.807, 2.05) is 0 Å². The predicted molar refractivity (Wildman–Crippen MR) is 203 cm³/mol. The summed E-state index contributed by atoms with van der Waals surface area (Å²) in [6, 6.07) is 0. The predicted octanol–water partition coefficient (Wildman–Crippen LogP) is 11.2. The summed E-state index contributed by atoms with van der Waals surface area (Å²) in [6.45, 7) is 37.6. The molecule has 0 heterocycles. The molecule has 8 heteroatoms. The Morgan fingerprint density at radius 1 is 0.667 bits per heavy atom. The lowest BCUT2D eigenvalue weighted by molar-refractivity contribution is -0.199. The molecule has 0 spiro atoms. The van der Waals surface area contributed by atoms with Crippen molar-refractivity contribution in [3.8, 4) is 0 Å². The van der Waals surface area contributed by atoms with Crippen LogP contribution >= 0.6 is 0 Å². The zero-order valence-electron chi connectivity index (χ0n) is 32.6. The number of unbranched alkanes of at least 4 members (excludes halogenated alkanes) is 1. The van der Waals surface area contributed by atoms with Crippen molar-refractivity contribution < 1.29 is 17.7 Å². The molecule has 11 atom stereocenters. The van der Waals surface area contributed by atoms with E-state index in [2.05, 4.69) is 99.3 Å². The summed E-state index contributed by atoms with van der Waals surface area (Å²) in [4.78, 5) is 0. The molecule has 0 bridgehead atoms. The van der Waals surface area contributed by atoms with Gasteiger partial charge in [-0.2, -0.15) is 0 Å². The maximum Gasteiger partial charge on any atom is 0.184 e. The lowest BCUT2D eigenvalue weighted by atomic mass is 9.43. The fourth-order valence-corrected chi connectivity index (χ4v) is 15.3. The molecule has 0 aromatic carbocycles. The fourth-order valence-electron chi connectivity index (χ4n) is 11.0. The summed E-state index contributed by atoms with van der Waals surface area (Å²) in [5.74, 6) is 4.23. The minimum absolute atomic E-state index is 0.234. The lowest BCUT2D eigenvalue weighted by Gasteiger charge is -2.66. The summed E-state index contributed by atoms with van der Waals surface area (Å²) < 4.78 is 27.8. The van der Waals surface area contributed by atoms with Crippen LogP contribution in [0.5, 0.6) is 0 Å². The van der Waals surface area contributed by atoms with Gasteiger partial charge < -0.3 is 17.7 Å². The second-order valence-electron chi connectivity index (χ2n) is 20.6. The van der Waals surface area contributed by atoms with E-state index in [0.717, 1.165) is 18.4 Å². The quantitative estimate of drug-likeness (QED) is 0.142. The van der Waals surface area contributed by atoms with Gasteiger partial charge in [-0.15, -0.1) is 0 Å².